The summed E-state index contributed by atoms with van der Waals surface area (Å²) in [6, 6.07) is 24.2. The van der Waals surface area contributed by atoms with Crippen LogP contribution in [0, 0.1) is 37.0 Å². The van der Waals surface area contributed by atoms with Gasteiger partial charge in [0, 0.05) is 22.6 Å². The lowest BCUT2D eigenvalue weighted by Crippen LogP contribution is -2.03. The van der Waals surface area contributed by atoms with Crippen LogP contribution in [0.25, 0.3) is 0 Å². The van der Waals surface area contributed by atoms with Crippen LogP contribution in [0.3, 0.4) is 0 Å². The molecule has 0 aliphatic heterocycles. The number of hydrogen-bond donors (Lipinski definition) is 0. The molecule has 0 saturated carbocycles. The first kappa shape index (κ1) is 16.2. The third kappa shape index (κ3) is 3.48. The standard InChI is InChI=1S/C25H16/c1-4-19-7-13-22(14-8-19)25(23-15-9-20(5-2)10-16-23)24-17-11-21(6-3)12-18-24/h1-3,7-18,25H. The normalized spacial score (nSPS) is 9.84. The molecule has 0 amide bonds. The van der Waals surface area contributed by atoms with Gasteiger partial charge in [-0.25, -0.2) is 0 Å². The average Bonchev–Trinajstić information content (AvgIpc) is 2.70. The van der Waals surface area contributed by atoms with Crippen molar-refractivity contribution < 1.29 is 0 Å². The summed E-state index contributed by atoms with van der Waals surface area (Å²) in [7, 11) is 0. The number of rotatable bonds is 3. The van der Waals surface area contributed by atoms with Gasteiger partial charge in [-0.05, 0) is 53.1 Å². The van der Waals surface area contributed by atoms with Gasteiger partial charge in [-0.3, -0.25) is 0 Å². The number of benzene rings is 3. The van der Waals surface area contributed by atoms with Gasteiger partial charge >= 0.3 is 0 Å². The van der Waals surface area contributed by atoms with Crippen molar-refractivity contribution in [2.75, 3.05) is 0 Å². The Hall–Kier alpha value is -3.66. The molecule has 3 aromatic carbocycles. The molecule has 0 nitrogen and oxygen atoms in total. The molecule has 0 N–H and O–H groups in total. The minimum atomic E-state index is 0.0884. The molecule has 25 heavy (non-hydrogen) atoms. The van der Waals surface area contributed by atoms with E-state index in [1.165, 1.54) is 16.7 Å². The summed E-state index contributed by atoms with van der Waals surface area (Å²) in [5, 5.41) is 0. The summed E-state index contributed by atoms with van der Waals surface area (Å²) >= 11 is 0. The van der Waals surface area contributed by atoms with Crippen molar-refractivity contribution in [3.8, 4) is 37.0 Å². The molecule has 0 spiro atoms. The van der Waals surface area contributed by atoms with E-state index >= 15 is 0 Å². The van der Waals surface area contributed by atoms with Gasteiger partial charge in [-0.2, -0.15) is 0 Å². The van der Waals surface area contributed by atoms with Gasteiger partial charge < -0.3 is 0 Å². The van der Waals surface area contributed by atoms with Gasteiger partial charge in [-0.1, -0.05) is 54.2 Å². The van der Waals surface area contributed by atoms with Crippen LogP contribution in [0.2, 0.25) is 0 Å². The lowest BCUT2D eigenvalue weighted by atomic mass is 9.84. The molecule has 0 saturated heterocycles. The first-order valence-electron chi connectivity index (χ1n) is 7.95. The smallest absolute Gasteiger partial charge is 0.0340 e. The van der Waals surface area contributed by atoms with Crippen LogP contribution in [-0.4, -0.2) is 0 Å². The number of terminal acetylenes is 3. The maximum atomic E-state index is 5.47. The molecule has 0 radical (unpaired) electrons. The molecular weight excluding hydrogens is 300 g/mol. The summed E-state index contributed by atoms with van der Waals surface area (Å²) in [5.74, 6) is 8.06. The minimum absolute atomic E-state index is 0.0884. The summed E-state index contributed by atoms with van der Waals surface area (Å²) in [5.41, 5.74) is 6.11. The van der Waals surface area contributed by atoms with Crippen molar-refractivity contribution in [2.24, 2.45) is 0 Å². The molecule has 0 aliphatic rings. The van der Waals surface area contributed by atoms with Crippen molar-refractivity contribution >= 4 is 0 Å². The molecule has 0 aliphatic carbocycles. The van der Waals surface area contributed by atoms with Crippen molar-refractivity contribution in [3.63, 3.8) is 0 Å². The molecule has 0 bridgehead atoms. The van der Waals surface area contributed by atoms with Gasteiger partial charge in [-0.15, -0.1) is 19.3 Å². The minimum Gasteiger partial charge on any atom is -0.115 e. The second kappa shape index (κ2) is 7.27. The summed E-state index contributed by atoms with van der Waals surface area (Å²) in [6.07, 6.45) is 16.4. The Kier molecular flexibility index (Phi) is 4.72. The highest BCUT2D eigenvalue weighted by atomic mass is 14.2. The zero-order valence-electron chi connectivity index (χ0n) is 13.7. The predicted molar refractivity (Wildman–Crippen MR) is 104 cm³/mol. The summed E-state index contributed by atoms with van der Waals surface area (Å²) in [6.45, 7) is 0. The molecule has 0 aromatic heterocycles. The third-order valence-electron chi connectivity index (χ3n) is 4.23. The lowest BCUT2D eigenvalue weighted by molar-refractivity contribution is 0.976. The van der Waals surface area contributed by atoms with E-state index in [-0.39, 0.29) is 5.92 Å². The van der Waals surface area contributed by atoms with Crippen LogP contribution < -0.4 is 0 Å². The molecule has 0 unspecified atom stereocenters. The Morgan fingerprint density at radius 1 is 0.440 bits per heavy atom. The zero-order chi connectivity index (χ0) is 17.6. The second-order valence-corrected chi connectivity index (χ2v) is 5.73. The van der Waals surface area contributed by atoms with Crippen molar-refractivity contribution in [3.05, 3.63) is 106 Å². The molecular formula is C25H16. The Balaban J connectivity index is 2.10. The molecule has 0 heteroatoms. The van der Waals surface area contributed by atoms with E-state index in [1.54, 1.807) is 0 Å². The van der Waals surface area contributed by atoms with E-state index in [4.69, 9.17) is 19.3 Å². The monoisotopic (exact) mass is 316 g/mol. The molecule has 0 heterocycles. The first-order chi connectivity index (χ1) is 12.2. The highest BCUT2D eigenvalue weighted by Gasteiger charge is 2.16. The highest BCUT2D eigenvalue weighted by Crippen LogP contribution is 2.32. The fraction of sp³-hybridized carbons (Fsp3) is 0.0400. The largest absolute Gasteiger partial charge is 0.115 e. The Morgan fingerprint density at radius 3 is 0.880 bits per heavy atom. The van der Waals surface area contributed by atoms with Gasteiger partial charge in [0.25, 0.3) is 0 Å². The van der Waals surface area contributed by atoms with E-state index < -0.39 is 0 Å². The van der Waals surface area contributed by atoms with Crippen LogP contribution in [0.1, 0.15) is 39.3 Å². The topological polar surface area (TPSA) is 0 Å². The van der Waals surface area contributed by atoms with Gasteiger partial charge in [0.15, 0.2) is 0 Å². The third-order valence-corrected chi connectivity index (χ3v) is 4.23. The second-order valence-electron chi connectivity index (χ2n) is 5.73. The highest BCUT2D eigenvalue weighted by molar-refractivity contribution is 5.48. The summed E-state index contributed by atoms with van der Waals surface area (Å²) < 4.78 is 0. The van der Waals surface area contributed by atoms with Crippen LogP contribution in [0.5, 0.6) is 0 Å². The maximum absolute atomic E-state index is 5.47. The van der Waals surface area contributed by atoms with E-state index in [9.17, 15) is 0 Å². The van der Waals surface area contributed by atoms with Crippen molar-refractivity contribution in [1.29, 1.82) is 0 Å². The molecule has 3 aromatic rings. The van der Waals surface area contributed by atoms with E-state index in [0.29, 0.717) is 0 Å². The van der Waals surface area contributed by atoms with E-state index in [0.717, 1.165) is 16.7 Å². The predicted octanol–water partition coefficient (Wildman–Crippen LogP) is 4.81. The van der Waals surface area contributed by atoms with Gasteiger partial charge in [0.2, 0.25) is 0 Å². The van der Waals surface area contributed by atoms with Crippen LogP contribution in [-0.2, 0) is 0 Å². The molecule has 3 rings (SSSR count). The average molecular weight is 316 g/mol. The first-order valence-corrected chi connectivity index (χ1v) is 7.95. The lowest BCUT2D eigenvalue weighted by Gasteiger charge is -2.19. The Labute approximate surface area is 149 Å². The fourth-order valence-electron chi connectivity index (χ4n) is 2.89. The summed E-state index contributed by atoms with van der Waals surface area (Å²) in [4.78, 5) is 0. The Morgan fingerprint density at radius 2 is 0.680 bits per heavy atom. The van der Waals surface area contributed by atoms with Crippen LogP contribution in [0.15, 0.2) is 72.8 Å². The van der Waals surface area contributed by atoms with Gasteiger partial charge in [0.05, 0.1) is 0 Å². The SMILES string of the molecule is C#Cc1ccc(C(c2ccc(C#C)cc2)c2ccc(C#C)cc2)cc1. The van der Waals surface area contributed by atoms with Crippen molar-refractivity contribution in [1.82, 2.24) is 0 Å². The Bertz CT molecular complexity index is 844. The van der Waals surface area contributed by atoms with E-state index in [2.05, 4.69) is 54.2 Å². The maximum Gasteiger partial charge on any atom is 0.0340 e. The quantitative estimate of drug-likeness (QED) is 0.480. The number of hydrogen-bond acceptors (Lipinski definition) is 0. The van der Waals surface area contributed by atoms with Crippen LogP contribution >= 0.6 is 0 Å². The van der Waals surface area contributed by atoms with Crippen molar-refractivity contribution in [2.45, 2.75) is 5.92 Å². The van der Waals surface area contributed by atoms with Crippen LogP contribution in [0.4, 0.5) is 0 Å². The molecule has 116 valence electrons. The fourth-order valence-corrected chi connectivity index (χ4v) is 2.89. The molecule has 0 fully saturated rings. The molecule has 0 atom stereocenters. The zero-order valence-corrected chi connectivity index (χ0v) is 13.7. The van der Waals surface area contributed by atoms with E-state index in [1.807, 2.05) is 36.4 Å². The van der Waals surface area contributed by atoms with Gasteiger partial charge in [0.1, 0.15) is 0 Å².